The van der Waals surface area contributed by atoms with Crippen molar-refractivity contribution in [3.63, 3.8) is 0 Å². The van der Waals surface area contributed by atoms with E-state index in [1.165, 1.54) is 0 Å². The molecule has 1 heterocycles. The number of rotatable bonds is 6. The van der Waals surface area contributed by atoms with Gasteiger partial charge in [0.15, 0.2) is 5.96 Å². The number of nitrogens with zero attached hydrogens (tertiary/aromatic N) is 3. The predicted molar refractivity (Wildman–Crippen MR) is 128 cm³/mol. The van der Waals surface area contributed by atoms with Crippen LogP contribution in [-0.4, -0.2) is 73.6 Å². The minimum atomic E-state index is -0.481. The maximum absolute atomic E-state index is 12.4. The Morgan fingerprint density at radius 1 is 1.19 bits per heavy atom. The molecule has 0 spiro atoms. The van der Waals surface area contributed by atoms with Crippen LogP contribution in [-0.2, 0) is 11.3 Å². The van der Waals surface area contributed by atoms with E-state index in [0.29, 0.717) is 24.6 Å². The van der Waals surface area contributed by atoms with Gasteiger partial charge in [-0.25, -0.2) is 9.79 Å². The fourth-order valence-electron chi connectivity index (χ4n) is 3.49. The van der Waals surface area contributed by atoms with E-state index in [4.69, 9.17) is 4.74 Å². The quantitative estimate of drug-likeness (QED) is 0.519. The molecule has 1 aliphatic heterocycles. The zero-order valence-electron chi connectivity index (χ0n) is 20.4. The zero-order chi connectivity index (χ0) is 23.7. The fourth-order valence-corrected chi connectivity index (χ4v) is 3.49. The van der Waals surface area contributed by atoms with Gasteiger partial charge in [0.05, 0.1) is 6.54 Å². The van der Waals surface area contributed by atoms with E-state index < -0.39 is 5.60 Å². The molecule has 1 aliphatic rings. The average molecular weight is 446 g/mol. The van der Waals surface area contributed by atoms with Crippen LogP contribution in [0.3, 0.4) is 0 Å². The van der Waals surface area contributed by atoms with Gasteiger partial charge in [0.1, 0.15) is 5.60 Å². The monoisotopic (exact) mass is 445 g/mol. The Kier molecular flexibility index (Phi) is 9.35. The summed E-state index contributed by atoms with van der Waals surface area (Å²) in [5.74, 6) is 1.08. The van der Waals surface area contributed by atoms with Crippen molar-refractivity contribution in [2.75, 3.05) is 40.3 Å². The minimum absolute atomic E-state index is 0.0111. The van der Waals surface area contributed by atoms with Crippen LogP contribution in [0.5, 0.6) is 0 Å². The van der Waals surface area contributed by atoms with E-state index in [1.807, 2.05) is 56.9 Å². The van der Waals surface area contributed by atoms with Crippen LogP contribution in [0.15, 0.2) is 29.3 Å². The van der Waals surface area contributed by atoms with E-state index in [1.54, 1.807) is 19.0 Å². The van der Waals surface area contributed by atoms with Gasteiger partial charge in [-0.2, -0.15) is 0 Å². The first-order valence-corrected chi connectivity index (χ1v) is 11.4. The van der Waals surface area contributed by atoms with Gasteiger partial charge >= 0.3 is 6.09 Å². The molecule has 0 aliphatic carbocycles. The molecule has 1 unspecified atom stereocenters. The highest BCUT2D eigenvalue weighted by Crippen LogP contribution is 2.19. The molecule has 1 aromatic rings. The second kappa shape index (κ2) is 11.7. The summed E-state index contributed by atoms with van der Waals surface area (Å²) >= 11 is 0. The lowest BCUT2D eigenvalue weighted by Gasteiger charge is -2.34. The molecule has 2 rings (SSSR count). The zero-order valence-corrected chi connectivity index (χ0v) is 20.4. The molecule has 178 valence electrons. The molecule has 2 N–H and O–H groups in total. The van der Waals surface area contributed by atoms with Crippen LogP contribution in [0.25, 0.3) is 0 Å². The Bertz CT molecular complexity index is 784. The first-order chi connectivity index (χ1) is 15.1. The van der Waals surface area contributed by atoms with Crippen molar-refractivity contribution in [3.8, 4) is 0 Å². The van der Waals surface area contributed by atoms with Crippen molar-refractivity contribution in [2.45, 2.75) is 52.7 Å². The van der Waals surface area contributed by atoms with Gasteiger partial charge in [-0.3, -0.25) is 4.79 Å². The number of hydrogen-bond donors (Lipinski definition) is 2. The number of carbonyl (C=O) groups excluding carboxylic acids is 2. The van der Waals surface area contributed by atoms with Crippen LogP contribution in [0.4, 0.5) is 4.79 Å². The Labute approximate surface area is 192 Å². The molecule has 32 heavy (non-hydrogen) atoms. The normalized spacial score (nSPS) is 17.0. The van der Waals surface area contributed by atoms with Gasteiger partial charge in [0.2, 0.25) is 0 Å². The summed E-state index contributed by atoms with van der Waals surface area (Å²) in [6.45, 7) is 11.1. The first kappa shape index (κ1) is 25.5. The van der Waals surface area contributed by atoms with Gasteiger partial charge in [-0.1, -0.05) is 12.1 Å². The predicted octanol–water partition coefficient (Wildman–Crippen LogP) is 3.09. The molecular formula is C24H39N5O3. The molecule has 2 amide bonds. The Morgan fingerprint density at radius 3 is 2.47 bits per heavy atom. The lowest BCUT2D eigenvalue weighted by atomic mass is 9.98. The number of piperidine rings is 1. The highest BCUT2D eigenvalue weighted by atomic mass is 16.6. The molecule has 1 atom stereocenters. The third-order valence-corrected chi connectivity index (χ3v) is 5.10. The molecule has 1 saturated heterocycles. The SMILES string of the molecule is CCNC(=NCc1ccc(C(=O)N(C)C)cc1)NCC1CCCN(C(=O)OC(C)(C)C)C1. The van der Waals surface area contributed by atoms with Gasteiger partial charge in [0, 0.05) is 45.8 Å². The smallest absolute Gasteiger partial charge is 0.410 e. The number of carbonyl (C=O) groups is 2. The summed E-state index contributed by atoms with van der Waals surface area (Å²) in [7, 11) is 3.49. The molecule has 0 saturated carbocycles. The summed E-state index contributed by atoms with van der Waals surface area (Å²) in [6.07, 6.45) is 1.80. The van der Waals surface area contributed by atoms with Crippen LogP contribution < -0.4 is 10.6 Å². The number of likely N-dealkylation sites (tertiary alicyclic amines) is 1. The Hall–Kier alpha value is -2.77. The summed E-state index contributed by atoms with van der Waals surface area (Å²) in [4.78, 5) is 32.5. The van der Waals surface area contributed by atoms with Crippen molar-refractivity contribution in [2.24, 2.45) is 10.9 Å². The van der Waals surface area contributed by atoms with Crippen LogP contribution in [0.2, 0.25) is 0 Å². The number of hydrogen-bond acceptors (Lipinski definition) is 4. The summed E-state index contributed by atoms with van der Waals surface area (Å²) in [5, 5.41) is 6.69. The van der Waals surface area contributed by atoms with Gasteiger partial charge in [-0.05, 0) is 64.2 Å². The van der Waals surface area contributed by atoms with Gasteiger partial charge in [0.25, 0.3) is 5.91 Å². The number of ether oxygens (including phenoxy) is 1. The number of benzene rings is 1. The largest absolute Gasteiger partial charge is 0.444 e. The topological polar surface area (TPSA) is 86.3 Å². The van der Waals surface area contributed by atoms with E-state index in [9.17, 15) is 9.59 Å². The van der Waals surface area contributed by atoms with E-state index in [-0.39, 0.29) is 12.0 Å². The van der Waals surface area contributed by atoms with Gasteiger partial charge in [-0.15, -0.1) is 0 Å². The average Bonchev–Trinajstić information content (AvgIpc) is 2.74. The van der Waals surface area contributed by atoms with Crippen molar-refractivity contribution >= 4 is 18.0 Å². The Balaban J connectivity index is 1.90. The van der Waals surface area contributed by atoms with Crippen molar-refractivity contribution in [3.05, 3.63) is 35.4 Å². The maximum Gasteiger partial charge on any atom is 0.410 e. The van der Waals surface area contributed by atoms with Crippen molar-refractivity contribution in [1.29, 1.82) is 0 Å². The Morgan fingerprint density at radius 2 is 1.88 bits per heavy atom. The number of aliphatic imine (C=N–C) groups is 1. The third-order valence-electron chi connectivity index (χ3n) is 5.10. The molecule has 1 aromatic carbocycles. The number of guanidine groups is 1. The standard InChI is InChI=1S/C24H39N5O3/c1-7-25-22(26-15-18-10-12-20(13-11-18)21(30)28(5)6)27-16-19-9-8-14-29(17-19)23(31)32-24(2,3)4/h10-13,19H,7-9,14-17H2,1-6H3,(H2,25,26,27). The highest BCUT2D eigenvalue weighted by molar-refractivity contribution is 5.93. The van der Waals surface area contributed by atoms with Crippen molar-refractivity contribution in [1.82, 2.24) is 20.4 Å². The molecule has 0 radical (unpaired) electrons. The molecule has 8 nitrogen and oxygen atoms in total. The lowest BCUT2D eigenvalue weighted by Crippen LogP contribution is -2.47. The molecule has 8 heteroatoms. The number of nitrogens with one attached hydrogen (secondary N) is 2. The molecule has 0 aromatic heterocycles. The fraction of sp³-hybridized carbons (Fsp3) is 0.625. The third kappa shape index (κ3) is 8.40. The number of amides is 2. The second-order valence-corrected chi connectivity index (χ2v) is 9.41. The molecular weight excluding hydrogens is 406 g/mol. The van der Waals surface area contributed by atoms with E-state index in [2.05, 4.69) is 15.6 Å². The van der Waals surface area contributed by atoms with Crippen LogP contribution in [0.1, 0.15) is 56.5 Å². The maximum atomic E-state index is 12.4. The highest BCUT2D eigenvalue weighted by Gasteiger charge is 2.27. The summed E-state index contributed by atoms with van der Waals surface area (Å²) < 4.78 is 5.52. The second-order valence-electron chi connectivity index (χ2n) is 9.41. The molecule has 0 bridgehead atoms. The van der Waals surface area contributed by atoms with Crippen LogP contribution >= 0.6 is 0 Å². The van der Waals surface area contributed by atoms with E-state index in [0.717, 1.165) is 44.0 Å². The summed E-state index contributed by atoms with van der Waals surface area (Å²) in [6, 6.07) is 7.54. The van der Waals surface area contributed by atoms with Gasteiger partial charge < -0.3 is 25.2 Å². The first-order valence-electron chi connectivity index (χ1n) is 11.4. The van der Waals surface area contributed by atoms with Crippen molar-refractivity contribution < 1.29 is 14.3 Å². The minimum Gasteiger partial charge on any atom is -0.444 e. The lowest BCUT2D eigenvalue weighted by molar-refractivity contribution is 0.0168. The summed E-state index contributed by atoms with van der Waals surface area (Å²) in [5.41, 5.74) is 1.22. The van der Waals surface area contributed by atoms with E-state index >= 15 is 0 Å². The molecule has 1 fully saturated rings. The van der Waals surface area contributed by atoms with Crippen LogP contribution in [0, 0.1) is 5.92 Å².